The standard InChI is InChI=1S/C27H31F2N3O4/c1-31-8-5-18(6-9-31)16-35-20-7-10-32-21(15-30-25(32)14-20)19-12-23(34-2)26(22(33)11-17-3-4-17)24(13-19)36-27(28)29/h7,10,12-15,17-18,27H,3-6,8-9,11,16H2,1-2H3. The van der Waals surface area contributed by atoms with Gasteiger partial charge in [-0.05, 0) is 75.9 Å². The zero-order valence-corrected chi connectivity index (χ0v) is 20.6. The van der Waals surface area contributed by atoms with E-state index in [1.165, 1.54) is 13.2 Å². The molecule has 0 radical (unpaired) electrons. The molecule has 1 aromatic carbocycles. The van der Waals surface area contributed by atoms with E-state index in [0.717, 1.165) is 44.5 Å². The summed E-state index contributed by atoms with van der Waals surface area (Å²) in [6.45, 7) is -0.228. The Morgan fingerprint density at radius 3 is 2.56 bits per heavy atom. The van der Waals surface area contributed by atoms with Crippen LogP contribution in [0.5, 0.6) is 17.2 Å². The third-order valence-electron chi connectivity index (χ3n) is 7.06. The van der Waals surface area contributed by atoms with E-state index in [1.807, 2.05) is 22.7 Å². The molecule has 0 atom stereocenters. The molecule has 1 aliphatic heterocycles. The third kappa shape index (κ3) is 5.46. The summed E-state index contributed by atoms with van der Waals surface area (Å²) in [7, 11) is 3.56. The maximum Gasteiger partial charge on any atom is 0.387 e. The number of methoxy groups -OCH3 is 1. The van der Waals surface area contributed by atoms with Gasteiger partial charge < -0.3 is 19.1 Å². The lowest BCUT2D eigenvalue weighted by Gasteiger charge is -2.28. The van der Waals surface area contributed by atoms with E-state index in [4.69, 9.17) is 14.2 Å². The Morgan fingerprint density at radius 1 is 1.11 bits per heavy atom. The number of hydrogen-bond acceptors (Lipinski definition) is 6. The number of aromatic nitrogens is 2. The second kappa shape index (κ2) is 10.4. The lowest BCUT2D eigenvalue weighted by Crippen LogP contribution is -2.32. The quantitative estimate of drug-likeness (QED) is 0.352. The molecule has 1 saturated heterocycles. The van der Waals surface area contributed by atoms with Gasteiger partial charge in [0.1, 0.15) is 28.5 Å². The fourth-order valence-electron chi connectivity index (χ4n) is 4.76. The van der Waals surface area contributed by atoms with Gasteiger partial charge in [-0.25, -0.2) is 4.98 Å². The number of imidazole rings is 1. The van der Waals surface area contributed by atoms with Crippen LogP contribution in [-0.4, -0.2) is 60.5 Å². The number of pyridine rings is 1. The van der Waals surface area contributed by atoms with Crippen LogP contribution in [0.25, 0.3) is 16.9 Å². The van der Waals surface area contributed by atoms with Crippen LogP contribution < -0.4 is 14.2 Å². The van der Waals surface area contributed by atoms with Crippen molar-refractivity contribution in [3.8, 4) is 28.5 Å². The van der Waals surface area contributed by atoms with Crippen molar-refractivity contribution in [1.82, 2.24) is 14.3 Å². The smallest absolute Gasteiger partial charge is 0.387 e. The van der Waals surface area contributed by atoms with Crippen molar-refractivity contribution in [2.24, 2.45) is 11.8 Å². The van der Waals surface area contributed by atoms with Crippen molar-refractivity contribution < 1.29 is 27.8 Å². The molecule has 36 heavy (non-hydrogen) atoms. The van der Waals surface area contributed by atoms with Crippen LogP contribution in [0, 0.1) is 11.8 Å². The fraction of sp³-hybridized carbons (Fsp3) is 0.481. The summed E-state index contributed by atoms with van der Waals surface area (Å²) in [5.41, 5.74) is 1.94. The first-order chi connectivity index (χ1) is 17.4. The van der Waals surface area contributed by atoms with E-state index in [9.17, 15) is 13.6 Å². The first-order valence-corrected chi connectivity index (χ1v) is 12.4. The Kier molecular flexibility index (Phi) is 7.09. The van der Waals surface area contributed by atoms with Crippen LogP contribution in [-0.2, 0) is 0 Å². The lowest BCUT2D eigenvalue weighted by atomic mass is 9.98. The van der Waals surface area contributed by atoms with E-state index in [1.54, 1.807) is 12.3 Å². The van der Waals surface area contributed by atoms with Crippen LogP contribution >= 0.6 is 0 Å². The molecular weight excluding hydrogens is 468 g/mol. The van der Waals surface area contributed by atoms with Gasteiger partial charge in [-0.2, -0.15) is 8.78 Å². The predicted molar refractivity (Wildman–Crippen MR) is 131 cm³/mol. The minimum atomic E-state index is -3.07. The average molecular weight is 500 g/mol. The summed E-state index contributed by atoms with van der Waals surface area (Å²) >= 11 is 0. The van der Waals surface area contributed by atoms with Gasteiger partial charge >= 0.3 is 6.61 Å². The number of halogens is 2. The molecule has 2 aliphatic rings. The number of alkyl halides is 2. The van der Waals surface area contributed by atoms with Crippen molar-refractivity contribution in [3.05, 3.63) is 42.2 Å². The summed E-state index contributed by atoms with van der Waals surface area (Å²) in [6.07, 6.45) is 7.99. The maximum absolute atomic E-state index is 13.3. The Labute approximate surface area is 209 Å². The summed E-state index contributed by atoms with van der Waals surface area (Å²) in [5.74, 6) is 1.35. The van der Waals surface area contributed by atoms with E-state index in [2.05, 4.69) is 16.9 Å². The molecule has 192 valence electrons. The number of carbonyl (C=O) groups excluding carboxylic acids is 1. The number of likely N-dealkylation sites (tertiary alicyclic amines) is 1. The molecule has 1 saturated carbocycles. The zero-order chi connectivity index (χ0) is 25.2. The maximum atomic E-state index is 13.3. The van der Waals surface area contributed by atoms with Gasteiger partial charge in [0.15, 0.2) is 5.78 Å². The van der Waals surface area contributed by atoms with Gasteiger partial charge in [0.25, 0.3) is 0 Å². The molecule has 2 fully saturated rings. The summed E-state index contributed by atoms with van der Waals surface area (Å²) in [6, 6.07) is 6.86. The van der Waals surface area contributed by atoms with Crippen LogP contribution in [0.1, 0.15) is 42.5 Å². The SMILES string of the molecule is COc1cc(-c2cnc3cc(OCC4CCN(C)CC4)ccn23)cc(OC(F)F)c1C(=O)CC1CC1. The van der Waals surface area contributed by atoms with E-state index in [0.29, 0.717) is 41.8 Å². The first-order valence-electron chi connectivity index (χ1n) is 12.4. The highest BCUT2D eigenvalue weighted by molar-refractivity contribution is 6.02. The lowest BCUT2D eigenvalue weighted by molar-refractivity contribution is -0.0502. The number of ether oxygens (including phenoxy) is 3. The van der Waals surface area contributed by atoms with Gasteiger partial charge in [-0.15, -0.1) is 0 Å². The highest BCUT2D eigenvalue weighted by atomic mass is 19.3. The Morgan fingerprint density at radius 2 is 1.86 bits per heavy atom. The second-order valence-corrected chi connectivity index (χ2v) is 9.79. The van der Waals surface area contributed by atoms with Gasteiger partial charge in [-0.3, -0.25) is 9.20 Å². The van der Waals surface area contributed by atoms with Crippen LogP contribution in [0.2, 0.25) is 0 Å². The van der Waals surface area contributed by atoms with Crippen molar-refractivity contribution in [2.45, 2.75) is 38.7 Å². The van der Waals surface area contributed by atoms with E-state index >= 15 is 0 Å². The van der Waals surface area contributed by atoms with Crippen molar-refractivity contribution >= 4 is 11.4 Å². The number of fused-ring (bicyclic) bond motifs is 1. The minimum absolute atomic E-state index is 0.0619. The molecule has 0 unspecified atom stereocenters. The number of Topliss-reactive ketones (excluding diaryl/α,β-unsaturated/α-hetero) is 1. The molecule has 3 aromatic rings. The highest BCUT2D eigenvalue weighted by Gasteiger charge is 2.30. The number of nitrogens with zero attached hydrogens (tertiary/aromatic N) is 3. The molecule has 5 rings (SSSR count). The number of piperidine rings is 1. The predicted octanol–water partition coefficient (Wildman–Crippen LogP) is 5.31. The molecule has 9 heteroatoms. The number of ketones is 1. The Bertz CT molecular complexity index is 1230. The van der Waals surface area contributed by atoms with Gasteiger partial charge in [-0.1, -0.05) is 0 Å². The average Bonchev–Trinajstić information content (AvgIpc) is 3.57. The fourth-order valence-corrected chi connectivity index (χ4v) is 4.76. The largest absolute Gasteiger partial charge is 0.496 e. The number of hydrogen-bond donors (Lipinski definition) is 0. The molecule has 1 aliphatic carbocycles. The number of carbonyl (C=O) groups is 1. The monoisotopic (exact) mass is 499 g/mol. The second-order valence-electron chi connectivity index (χ2n) is 9.79. The molecule has 7 nitrogen and oxygen atoms in total. The van der Waals surface area contributed by atoms with Gasteiger partial charge in [0.2, 0.25) is 0 Å². The molecule has 0 N–H and O–H groups in total. The molecule has 0 amide bonds. The third-order valence-corrected chi connectivity index (χ3v) is 7.06. The van der Waals surface area contributed by atoms with Crippen LogP contribution in [0.4, 0.5) is 8.78 Å². The van der Waals surface area contributed by atoms with Gasteiger partial charge in [0.05, 0.1) is 25.6 Å². The van der Waals surface area contributed by atoms with Crippen molar-refractivity contribution in [2.75, 3.05) is 33.9 Å². The molecular formula is C27H31F2N3O4. The number of benzene rings is 1. The van der Waals surface area contributed by atoms with Crippen LogP contribution in [0.15, 0.2) is 36.7 Å². The Balaban J connectivity index is 1.41. The molecule has 2 aromatic heterocycles. The molecule has 3 heterocycles. The minimum Gasteiger partial charge on any atom is -0.496 e. The summed E-state index contributed by atoms with van der Waals surface area (Å²) < 4.78 is 44.7. The van der Waals surface area contributed by atoms with Crippen molar-refractivity contribution in [1.29, 1.82) is 0 Å². The van der Waals surface area contributed by atoms with Gasteiger partial charge in [0, 0.05) is 24.2 Å². The molecule has 0 bridgehead atoms. The summed E-state index contributed by atoms with van der Waals surface area (Å²) in [5, 5.41) is 0. The molecule has 0 spiro atoms. The highest BCUT2D eigenvalue weighted by Crippen LogP contribution is 2.40. The normalized spacial score (nSPS) is 17.0. The Hall–Kier alpha value is -3.20. The van der Waals surface area contributed by atoms with E-state index in [-0.39, 0.29) is 22.8 Å². The van der Waals surface area contributed by atoms with Crippen LogP contribution in [0.3, 0.4) is 0 Å². The van der Waals surface area contributed by atoms with E-state index < -0.39 is 6.61 Å². The van der Waals surface area contributed by atoms with Crippen molar-refractivity contribution in [3.63, 3.8) is 0 Å². The first kappa shape index (κ1) is 24.5. The number of rotatable bonds is 10. The summed E-state index contributed by atoms with van der Waals surface area (Å²) in [4.78, 5) is 19.7. The zero-order valence-electron chi connectivity index (χ0n) is 20.6. The topological polar surface area (TPSA) is 65.3 Å².